The maximum Gasteiger partial charge on any atom is 0.153 e. The maximum absolute atomic E-state index is 12.7. The monoisotopic (exact) mass is 253 g/mol. The summed E-state index contributed by atoms with van der Waals surface area (Å²) in [5, 5.41) is 0. The van der Waals surface area contributed by atoms with Crippen LogP contribution >= 0.6 is 0 Å². The number of ketones is 1. The van der Waals surface area contributed by atoms with E-state index < -0.39 is 0 Å². The minimum absolute atomic E-state index is 0.126. The van der Waals surface area contributed by atoms with Crippen molar-refractivity contribution in [2.75, 3.05) is 26.3 Å². The number of morpholine rings is 1. The van der Waals surface area contributed by atoms with E-state index in [1.165, 1.54) is 12.8 Å². The molecule has 1 aliphatic carbocycles. The van der Waals surface area contributed by atoms with E-state index in [1.807, 2.05) is 0 Å². The van der Waals surface area contributed by atoms with Gasteiger partial charge in [-0.25, -0.2) is 0 Å². The molecule has 0 N–H and O–H groups in total. The Bertz CT molecular complexity index is 276. The van der Waals surface area contributed by atoms with Crippen LogP contribution in [-0.4, -0.2) is 42.5 Å². The molecule has 1 saturated carbocycles. The van der Waals surface area contributed by atoms with Crippen LogP contribution < -0.4 is 0 Å². The molecule has 18 heavy (non-hydrogen) atoms. The standard InChI is InChI=1S/C15H27NO2/c1-13(2)5-6-14(17)15(7-3-4-8-15)16-9-11-18-12-10-16/h13H,3-12H2,1-2H3. The molecule has 3 nitrogen and oxygen atoms in total. The molecule has 104 valence electrons. The number of hydrogen-bond donors (Lipinski definition) is 0. The molecule has 2 aliphatic rings. The van der Waals surface area contributed by atoms with Crippen LogP contribution in [0.25, 0.3) is 0 Å². The van der Waals surface area contributed by atoms with Crippen molar-refractivity contribution in [3.05, 3.63) is 0 Å². The van der Waals surface area contributed by atoms with Crippen molar-refractivity contribution in [2.24, 2.45) is 5.92 Å². The second-order valence-corrected chi connectivity index (χ2v) is 6.19. The molecule has 0 aromatic heterocycles. The molecule has 3 heteroatoms. The topological polar surface area (TPSA) is 29.5 Å². The predicted octanol–water partition coefficient (Wildman–Crippen LogP) is 2.64. The summed E-state index contributed by atoms with van der Waals surface area (Å²) < 4.78 is 5.43. The van der Waals surface area contributed by atoms with Gasteiger partial charge in [-0.2, -0.15) is 0 Å². The molecule has 2 rings (SSSR count). The summed E-state index contributed by atoms with van der Waals surface area (Å²) in [5.41, 5.74) is -0.126. The van der Waals surface area contributed by atoms with Crippen molar-refractivity contribution in [2.45, 2.75) is 57.9 Å². The highest BCUT2D eigenvalue weighted by atomic mass is 16.5. The van der Waals surface area contributed by atoms with Gasteiger partial charge in [0.25, 0.3) is 0 Å². The van der Waals surface area contributed by atoms with Crippen LogP contribution in [0.1, 0.15) is 52.4 Å². The molecule has 1 saturated heterocycles. The molecule has 0 spiro atoms. The Balaban J connectivity index is 2.03. The largest absolute Gasteiger partial charge is 0.379 e. The number of carbonyl (C=O) groups excluding carboxylic acids is 1. The second kappa shape index (κ2) is 6.16. The van der Waals surface area contributed by atoms with Crippen LogP contribution in [0.4, 0.5) is 0 Å². The van der Waals surface area contributed by atoms with Crippen LogP contribution in [0, 0.1) is 5.92 Å². The van der Waals surface area contributed by atoms with E-state index in [0.29, 0.717) is 11.7 Å². The Labute approximate surface area is 111 Å². The fourth-order valence-corrected chi connectivity index (χ4v) is 3.38. The summed E-state index contributed by atoms with van der Waals surface area (Å²) in [4.78, 5) is 15.1. The lowest BCUT2D eigenvalue weighted by Crippen LogP contribution is -2.56. The Morgan fingerprint density at radius 2 is 1.83 bits per heavy atom. The van der Waals surface area contributed by atoms with Crippen LogP contribution in [0.3, 0.4) is 0 Å². The summed E-state index contributed by atoms with van der Waals surface area (Å²) in [7, 11) is 0. The minimum atomic E-state index is -0.126. The summed E-state index contributed by atoms with van der Waals surface area (Å²) in [5.74, 6) is 1.12. The SMILES string of the molecule is CC(C)CCC(=O)C1(N2CCOCC2)CCCC1. The van der Waals surface area contributed by atoms with E-state index >= 15 is 0 Å². The summed E-state index contributed by atoms with van der Waals surface area (Å²) in [6.45, 7) is 7.85. The van der Waals surface area contributed by atoms with Crippen LogP contribution in [0.2, 0.25) is 0 Å². The molecule has 0 radical (unpaired) electrons. The van der Waals surface area contributed by atoms with Crippen LogP contribution in [-0.2, 0) is 9.53 Å². The zero-order valence-corrected chi connectivity index (χ0v) is 11.9. The molecular formula is C15H27NO2. The summed E-state index contributed by atoms with van der Waals surface area (Å²) in [6, 6.07) is 0. The van der Waals surface area contributed by atoms with Gasteiger partial charge in [-0.05, 0) is 25.2 Å². The van der Waals surface area contributed by atoms with Gasteiger partial charge in [-0.1, -0.05) is 26.7 Å². The zero-order chi connectivity index (χ0) is 13.0. The molecule has 0 aromatic rings. The number of Topliss-reactive ketones (excluding diaryl/α,β-unsaturated/α-hetero) is 1. The summed E-state index contributed by atoms with van der Waals surface area (Å²) >= 11 is 0. The first-order valence-corrected chi connectivity index (χ1v) is 7.51. The van der Waals surface area contributed by atoms with Gasteiger partial charge in [-0.15, -0.1) is 0 Å². The van der Waals surface area contributed by atoms with E-state index in [2.05, 4.69) is 18.7 Å². The highest BCUT2D eigenvalue weighted by molar-refractivity contribution is 5.88. The highest BCUT2D eigenvalue weighted by Crippen LogP contribution is 2.37. The first-order chi connectivity index (χ1) is 8.65. The molecule has 0 aromatic carbocycles. The fourth-order valence-electron chi connectivity index (χ4n) is 3.38. The third kappa shape index (κ3) is 2.94. The predicted molar refractivity (Wildman–Crippen MR) is 72.7 cm³/mol. The number of nitrogens with zero attached hydrogens (tertiary/aromatic N) is 1. The van der Waals surface area contributed by atoms with Crippen molar-refractivity contribution in [3.8, 4) is 0 Å². The van der Waals surface area contributed by atoms with E-state index in [1.54, 1.807) is 0 Å². The van der Waals surface area contributed by atoms with E-state index in [4.69, 9.17) is 4.74 Å². The van der Waals surface area contributed by atoms with Crippen molar-refractivity contribution < 1.29 is 9.53 Å². The average molecular weight is 253 g/mol. The average Bonchev–Trinajstić information content (AvgIpc) is 2.87. The first-order valence-electron chi connectivity index (χ1n) is 7.51. The van der Waals surface area contributed by atoms with Gasteiger partial charge in [0.1, 0.15) is 0 Å². The number of ether oxygens (including phenoxy) is 1. The zero-order valence-electron chi connectivity index (χ0n) is 11.9. The van der Waals surface area contributed by atoms with E-state index in [9.17, 15) is 4.79 Å². The molecule has 0 atom stereocenters. The maximum atomic E-state index is 12.7. The lowest BCUT2D eigenvalue weighted by atomic mass is 9.85. The quantitative estimate of drug-likeness (QED) is 0.754. The minimum Gasteiger partial charge on any atom is -0.379 e. The van der Waals surface area contributed by atoms with Gasteiger partial charge in [0, 0.05) is 19.5 Å². The van der Waals surface area contributed by atoms with Gasteiger partial charge in [-0.3, -0.25) is 9.69 Å². The number of carbonyl (C=O) groups is 1. The van der Waals surface area contributed by atoms with Crippen LogP contribution in [0.15, 0.2) is 0 Å². The Kier molecular flexibility index (Phi) is 4.79. The van der Waals surface area contributed by atoms with E-state index in [0.717, 1.165) is 52.0 Å². The molecule has 1 heterocycles. The van der Waals surface area contributed by atoms with Gasteiger partial charge in [0.2, 0.25) is 0 Å². The van der Waals surface area contributed by atoms with Crippen molar-refractivity contribution in [1.82, 2.24) is 4.90 Å². The molecular weight excluding hydrogens is 226 g/mol. The summed E-state index contributed by atoms with van der Waals surface area (Å²) in [6.07, 6.45) is 6.36. The third-order valence-electron chi connectivity index (χ3n) is 4.51. The highest BCUT2D eigenvalue weighted by Gasteiger charge is 2.45. The van der Waals surface area contributed by atoms with Crippen molar-refractivity contribution >= 4 is 5.78 Å². The number of rotatable bonds is 5. The smallest absolute Gasteiger partial charge is 0.153 e. The van der Waals surface area contributed by atoms with Crippen molar-refractivity contribution in [1.29, 1.82) is 0 Å². The van der Waals surface area contributed by atoms with Gasteiger partial charge >= 0.3 is 0 Å². The molecule has 0 bridgehead atoms. The first kappa shape index (κ1) is 14.0. The lowest BCUT2D eigenvalue weighted by molar-refractivity contribution is -0.134. The molecule has 1 aliphatic heterocycles. The van der Waals surface area contributed by atoms with Crippen molar-refractivity contribution in [3.63, 3.8) is 0 Å². The lowest BCUT2D eigenvalue weighted by Gasteiger charge is -2.42. The fraction of sp³-hybridized carbons (Fsp3) is 0.933. The Hall–Kier alpha value is -0.410. The van der Waals surface area contributed by atoms with Gasteiger partial charge in [0.15, 0.2) is 5.78 Å². The van der Waals surface area contributed by atoms with Gasteiger partial charge in [0.05, 0.1) is 18.8 Å². The third-order valence-corrected chi connectivity index (χ3v) is 4.51. The second-order valence-electron chi connectivity index (χ2n) is 6.19. The van der Waals surface area contributed by atoms with Crippen LogP contribution in [0.5, 0.6) is 0 Å². The Morgan fingerprint density at radius 3 is 2.39 bits per heavy atom. The molecule has 2 fully saturated rings. The van der Waals surface area contributed by atoms with Gasteiger partial charge < -0.3 is 4.74 Å². The molecule has 0 unspecified atom stereocenters. The number of hydrogen-bond acceptors (Lipinski definition) is 3. The van der Waals surface area contributed by atoms with E-state index in [-0.39, 0.29) is 5.54 Å². The molecule has 0 amide bonds. The normalized spacial score (nSPS) is 24.6. The Morgan fingerprint density at radius 1 is 1.22 bits per heavy atom.